The summed E-state index contributed by atoms with van der Waals surface area (Å²) in [4.78, 5) is 0.370. The van der Waals surface area contributed by atoms with Crippen molar-refractivity contribution in [1.29, 1.82) is 0 Å². The van der Waals surface area contributed by atoms with Crippen LogP contribution in [0.15, 0.2) is 40.1 Å². The number of rotatable bonds is 4. The van der Waals surface area contributed by atoms with Crippen molar-refractivity contribution in [3.63, 3.8) is 0 Å². The summed E-state index contributed by atoms with van der Waals surface area (Å²) in [6.45, 7) is 1.77. The van der Waals surface area contributed by atoms with Gasteiger partial charge >= 0.3 is 0 Å². The zero-order chi connectivity index (χ0) is 14.0. The van der Waals surface area contributed by atoms with E-state index in [-0.39, 0.29) is 4.90 Å². The van der Waals surface area contributed by atoms with Gasteiger partial charge in [0.25, 0.3) is 10.1 Å². The van der Waals surface area contributed by atoms with Crippen molar-refractivity contribution >= 4 is 32.9 Å². The second-order valence-corrected chi connectivity index (χ2v) is 5.95. The van der Waals surface area contributed by atoms with Crippen LogP contribution < -0.4 is 0 Å². The van der Waals surface area contributed by atoms with E-state index < -0.39 is 10.1 Å². The van der Waals surface area contributed by atoms with Crippen LogP contribution in [0.3, 0.4) is 0 Å². The molecule has 0 aliphatic carbocycles. The van der Waals surface area contributed by atoms with Gasteiger partial charge in [-0.05, 0) is 36.1 Å². The molecule has 6 nitrogen and oxygen atoms in total. The lowest BCUT2D eigenvalue weighted by atomic mass is 10.1. The number of hydrogen-bond donors (Lipinski definition) is 2. The Morgan fingerprint density at radius 3 is 2.58 bits per heavy atom. The predicted molar refractivity (Wildman–Crippen MR) is 69.2 cm³/mol. The number of aryl methyl sites for hydroxylation is 1. The first-order valence-electron chi connectivity index (χ1n) is 5.09. The highest BCUT2D eigenvalue weighted by atomic mass is 32.2. The van der Waals surface area contributed by atoms with Gasteiger partial charge in [0.15, 0.2) is 0 Å². The molecular weight excluding hydrogens is 292 g/mol. The van der Waals surface area contributed by atoms with E-state index in [1.165, 1.54) is 12.1 Å². The Balaban J connectivity index is 2.74. The van der Waals surface area contributed by atoms with E-state index in [2.05, 4.69) is 9.37 Å². The zero-order valence-corrected chi connectivity index (χ0v) is 11.4. The lowest BCUT2D eigenvalue weighted by molar-refractivity contribution is -0.432. The molecule has 0 aromatic heterocycles. The predicted octanol–water partition coefficient (Wildman–Crippen LogP) is 2.82. The summed E-state index contributed by atoms with van der Waals surface area (Å²) < 4.78 is 36.3. The average molecular weight is 302 g/mol. The zero-order valence-electron chi connectivity index (χ0n) is 9.73. The minimum absolute atomic E-state index is 0.180. The van der Waals surface area contributed by atoms with Crippen molar-refractivity contribution in [2.24, 2.45) is 0 Å². The Bertz CT molecular complexity index is 710. The molecule has 2 N–H and O–H groups in total. The third-order valence-electron chi connectivity index (χ3n) is 2.49. The third-order valence-corrected chi connectivity index (χ3v) is 4.05. The van der Waals surface area contributed by atoms with Gasteiger partial charge in [0.1, 0.15) is 4.90 Å². The molecule has 2 aromatic rings. The minimum Gasteiger partial charge on any atom is -0.282 e. The molecule has 0 spiro atoms. The number of benzene rings is 2. The first kappa shape index (κ1) is 14.3. The second-order valence-electron chi connectivity index (χ2n) is 3.82. The molecule has 0 radical (unpaired) electrons. The van der Waals surface area contributed by atoms with Gasteiger partial charge in [-0.3, -0.25) is 4.55 Å². The molecule has 0 aliphatic rings. The Morgan fingerprint density at radius 2 is 1.95 bits per heavy atom. The SMILES string of the molecule is Cc1cc(SOOO)c2cccc(S(=O)(=O)O)c2c1. The van der Waals surface area contributed by atoms with Gasteiger partial charge in [0.05, 0.1) is 12.0 Å². The summed E-state index contributed by atoms with van der Waals surface area (Å²) in [6, 6.07) is 7.87. The van der Waals surface area contributed by atoms with Crippen LogP contribution >= 0.6 is 12.0 Å². The smallest absolute Gasteiger partial charge is 0.282 e. The minimum atomic E-state index is -4.31. The first-order chi connectivity index (χ1) is 8.93. The van der Waals surface area contributed by atoms with Gasteiger partial charge < -0.3 is 0 Å². The largest absolute Gasteiger partial charge is 0.295 e. The summed E-state index contributed by atoms with van der Waals surface area (Å²) in [5.74, 6) is 0. The molecule has 0 saturated heterocycles. The Kier molecular flexibility index (Phi) is 4.09. The monoisotopic (exact) mass is 302 g/mol. The van der Waals surface area contributed by atoms with E-state index in [9.17, 15) is 13.0 Å². The van der Waals surface area contributed by atoms with Crippen molar-refractivity contribution in [3.05, 3.63) is 35.9 Å². The molecule has 19 heavy (non-hydrogen) atoms. The highest BCUT2D eigenvalue weighted by molar-refractivity contribution is 7.94. The van der Waals surface area contributed by atoms with Crippen molar-refractivity contribution in [2.45, 2.75) is 16.7 Å². The summed E-state index contributed by atoms with van der Waals surface area (Å²) >= 11 is 0.735. The van der Waals surface area contributed by atoms with Gasteiger partial charge in [0.2, 0.25) is 0 Å². The van der Waals surface area contributed by atoms with E-state index in [1.54, 1.807) is 25.1 Å². The molecule has 2 rings (SSSR count). The van der Waals surface area contributed by atoms with Crippen LogP contribution in [0.5, 0.6) is 0 Å². The molecule has 0 bridgehead atoms. The van der Waals surface area contributed by atoms with Gasteiger partial charge in [-0.2, -0.15) is 8.42 Å². The maximum absolute atomic E-state index is 11.3. The van der Waals surface area contributed by atoms with Gasteiger partial charge in [-0.25, -0.2) is 5.26 Å². The molecule has 0 aliphatic heterocycles. The molecule has 0 amide bonds. The van der Waals surface area contributed by atoms with E-state index in [0.717, 1.165) is 17.6 Å². The summed E-state index contributed by atoms with van der Waals surface area (Å²) in [6.07, 6.45) is 0. The fourth-order valence-corrected chi connectivity index (χ4v) is 3.11. The van der Waals surface area contributed by atoms with Crippen LogP contribution in [0.25, 0.3) is 10.8 Å². The standard InChI is InChI=1S/C11H10O6S2/c1-7-5-9-8(10(6-7)18-17-16-12)3-2-4-11(9)19(13,14)15/h2-6,12H,1H3,(H,13,14,15). The van der Waals surface area contributed by atoms with Crippen LogP contribution in [0.1, 0.15) is 5.56 Å². The molecule has 2 aromatic carbocycles. The molecule has 0 saturated carbocycles. The van der Waals surface area contributed by atoms with Crippen molar-refractivity contribution in [2.75, 3.05) is 0 Å². The normalized spacial score (nSPS) is 11.9. The Morgan fingerprint density at radius 1 is 1.21 bits per heavy atom. The Labute approximate surface area is 113 Å². The van der Waals surface area contributed by atoms with E-state index in [4.69, 9.17) is 5.26 Å². The lowest BCUT2D eigenvalue weighted by Gasteiger charge is -2.09. The second kappa shape index (κ2) is 5.45. The van der Waals surface area contributed by atoms with Gasteiger partial charge in [-0.1, -0.05) is 17.2 Å². The van der Waals surface area contributed by atoms with Gasteiger partial charge in [0, 0.05) is 10.3 Å². The van der Waals surface area contributed by atoms with Crippen LogP contribution in [-0.2, 0) is 19.5 Å². The first-order valence-corrected chi connectivity index (χ1v) is 7.27. The third kappa shape index (κ3) is 3.06. The molecule has 0 unspecified atom stereocenters. The van der Waals surface area contributed by atoms with Crippen LogP contribution in [0, 0.1) is 6.92 Å². The highest BCUT2D eigenvalue weighted by Gasteiger charge is 2.16. The molecule has 0 atom stereocenters. The van der Waals surface area contributed by atoms with Crippen LogP contribution in [0.2, 0.25) is 0 Å². The fourth-order valence-electron chi connectivity index (χ4n) is 1.81. The molecule has 0 heterocycles. The molecule has 0 fully saturated rings. The highest BCUT2D eigenvalue weighted by Crippen LogP contribution is 2.33. The Hall–Kier alpha value is -1.16. The van der Waals surface area contributed by atoms with E-state index in [1.807, 2.05) is 0 Å². The number of fused-ring (bicyclic) bond motifs is 1. The molecule has 8 heteroatoms. The van der Waals surface area contributed by atoms with Gasteiger partial charge in [-0.15, -0.1) is 4.33 Å². The lowest BCUT2D eigenvalue weighted by Crippen LogP contribution is -1.99. The topological polar surface area (TPSA) is 93.1 Å². The molecular formula is C11H10O6S2. The maximum Gasteiger partial charge on any atom is 0.295 e. The number of hydrogen-bond acceptors (Lipinski definition) is 6. The fraction of sp³-hybridized carbons (Fsp3) is 0.0909. The summed E-state index contributed by atoms with van der Waals surface area (Å²) in [5, 5.41) is 12.6. The van der Waals surface area contributed by atoms with E-state index >= 15 is 0 Å². The van der Waals surface area contributed by atoms with Crippen molar-refractivity contribution < 1.29 is 27.6 Å². The van der Waals surface area contributed by atoms with Crippen LogP contribution in [-0.4, -0.2) is 18.2 Å². The van der Waals surface area contributed by atoms with Crippen LogP contribution in [0.4, 0.5) is 0 Å². The quantitative estimate of drug-likeness (QED) is 0.388. The van der Waals surface area contributed by atoms with Crippen molar-refractivity contribution in [1.82, 2.24) is 0 Å². The van der Waals surface area contributed by atoms with Crippen molar-refractivity contribution in [3.8, 4) is 0 Å². The average Bonchev–Trinajstić information content (AvgIpc) is 2.33. The molecule has 102 valence electrons. The summed E-state index contributed by atoms with van der Waals surface area (Å²) in [5.41, 5.74) is 0.771. The summed E-state index contributed by atoms with van der Waals surface area (Å²) in [7, 11) is -4.31. The maximum atomic E-state index is 11.3. The van der Waals surface area contributed by atoms with E-state index in [0.29, 0.717) is 15.7 Å².